The second-order valence-electron chi connectivity index (χ2n) is 3.61. The Kier molecular flexibility index (Phi) is 5.86. The third kappa shape index (κ3) is 4.66. The van der Waals surface area contributed by atoms with Crippen LogP contribution in [0, 0.1) is 0 Å². The minimum absolute atomic E-state index is 0.160. The van der Waals surface area contributed by atoms with Crippen LogP contribution in [0.5, 0.6) is 5.75 Å². The lowest BCUT2D eigenvalue weighted by molar-refractivity contribution is -0.117. The van der Waals surface area contributed by atoms with Crippen molar-refractivity contribution in [3.05, 3.63) is 24.3 Å². The number of ether oxygens (including phenoxy) is 1. The number of hydrogen-bond donors (Lipinski definition) is 2. The molecule has 0 aliphatic rings. The molecule has 1 amide bonds. The van der Waals surface area contributed by atoms with Crippen LogP contribution in [-0.2, 0) is 4.79 Å². The molecule has 0 aliphatic carbocycles. The topological polar surface area (TPSA) is 64.3 Å². The van der Waals surface area contributed by atoms with E-state index in [0.29, 0.717) is 17.9 Å². The maximum atomic E-state index is 11.7. The van der Waals surface area contributed by atoms with Gasteiger partial charge in [-0.05, 0) is 30.6 Å². The lowest BCUT2D eigenvalue weighted by atomic mass is 10.2. The first kappa shape index (κ1) is 13.9. The summed E-state index contributed by atoms with van der Waals surface area (Å²) in [7, 11) is 1.59. The monoisotopic (exact) mass is 254 g/mol. The van der Waals surface area contributed by atoms with Crippen LogP contribution in [0.1, 0.15) is 6.42 Å². The second-order valence-corrected chi connectivity index (χ2v) is 4.59. The molecule has 1 atom stereocenters. The summed E-state index contributed by atoms with van der Waals surface area (Å²) in [6.07, 6.45) is 2.67. The number of carbonyl (C=O) groups excluding carboxylic acids is 1. The summed E-state index contributed by atoms with van der Waals surface area (Å²) < 4.78 is 5.08. The van der Waals surface area contributed by atoms with Crippen molar-refractivity contribution in [3.8, 4) is 5.75 Å². The van der Waals surface area contributed by atoms with Gasteiger partial charge in [0.05, 0.1) is 13.2 Å². The number of rotatable bonds is 6. The first-order valence-electron chi connectivity index (χ1n) is 5.37. The number of amides is 1. The van der Waals surface area contributed by atoms with E-state index in [4.69, 9.17) is 10.5 Å². The van der Waals surface area contributed by atoms with Gasteiger partial charge in [0.25, 0.3) is 0 Å². The Morgan fingerprint density at radius 2 is 2.35 bits per heavy atom. The first-order valence-corrected chi connectivity index (χ1v) is 6.76. The molecular formula is C12H18N2O2S. The standard InChI is InChI=1S/C12H18N2O2S/c1-16-10-5-3-4-9(8-10)14-12(15)11(13)6-7-17-2/h3-5,8,11H,6-7,13H2,1-2H3,(H,14,15). The zero-order valence-electron chi connectivity index (χ0n) is 10.1. The molecule has 0 heterocycles. The van der Waals surface area contributed by atoms with E-state index in [1.807, 2.05) is 24.5 Å². The minimum atomic E-state index is -0.464. The number of nitrogens with two attached hydrogens (primary N) is 1. The average molecular weight is 254 g/mol. The Labute approximate surface area is 106 Å². The van der Waals surface area contributed by atoms with Crippen molar-refractivity contribution >= 4 is 23.4 Å². The number of nitrogens with one attached hydrogen (secondary N) is 1. The van der Waals surface area contributed by atoms with Gasteiger partial charge in [-0.3, -0.25) is 4.79 Å². The summed E-state index contributed by atoms with van der Waals surface area (Å²) in [4.78, 5) is 11.7. The molecule has 0 fully saturated rings. The van der Waals surface area contributed by atoms with Gasteiger partial charge in [0.15, 0.2) is 0 Å². The van der Waals surface area contributed by atoms with Crippen LogP contribution in [0.25, 0.3) is 0 Å². The molecule has 3 N–H and O–H groups in total. The molecule has 4 nitrogen and oxygen atoms in total. The first-order chi connectivity index (χ1) is 8.17. The molecule has 5 heteroatoms. The Morgan fingerprint density at radius 3 is 3.00 bits per heavy atom. The van der Waals surface area contributed by atoms with E-state index in [1.165, 1.54) is 0 Å². The van der Waals surface area contributed by atoms with Gasteiger partial charge in [0, 0.05) is 11.8 Å². The molecule has 17 heavy (non-hydrogen) atoms. The Hall–Kier alpha value is -1.20. The summed E-state index contributed by atoms with van der Waals surface area (Å²) in [6.45, 7) is 0. The largest absolute Gasteiger partial charge is 0.497 e. The predicted molar refractivity (Wildman–Crippen MR) is 72.6 cm³/mol. The van der Waals surface area contributed by atoms with E-state index in [0.717, 1.165) is 5.75 Å². The number of carbonyl (C=O) groups is 1. The highest BCUT2D eigenvalue weighted by Crippen LogP contribution is 2.16. The third-order valence-electron chi connectivity index (χ3n) is 2.31. The highest BCUT2D eigenvalue weighted by atomic mass is 32.2. The van der Waals surface area contributed by atoms with E-state index in [2.05, 4.69) is 5.32 Å². The van der Waals surface area contributed by atoms with Gasteiger partial charge >= 0.3 is 0 Å². The van der Waals surface area contributed by atoms with Crippen LogP contribution in [0.15, 0.2) is 24.3 Å². The van der Waals surface area contributed by atoms with Crippen molar-refractivity contribution < 1.29 is 9.53 Å². The van der Waals surface area contributed by atoms with E-state index in [9.17, 15) is 4.79 Å². The van der Waals surface area contributed by atoms with Crippen LogP contribution in [0.2, 0.25) is 0 Å². The summed E-state index contributed by atoms with van der Waals surface area (Å²) in [5.41, 5.74) is 6.47. The van der Waals surface area contributed by atoms with Gasteiger partial charge in [-0.15, -0.1) is 0 Å². The molecule has 0 saturated heterocycles. The van der Waals surface area contributed by atoms with Gasteiger partial charge in [0.1, 0.15) is 5.75 Å². The van der Waals surface area contributed by atoms with Gasteiger partial charge in [-0.25, -0.2) is 0 Å². The van der Waals surface area contributed by atoms with Gasteiger partial charge in [-0.2, -0.15) is 11.8 Å². The Morgan fingerprint density at radius 1 is 1.59 bits per heavy atom. The van der Waals surface area contributed by atoms with Crippen LogP contribution < -0.4 is 15.8 Å². The fourth-order valence-electron chi connectivity index (χ4n) is 1.31. The second kappa shape index (κ2) is 7.19. The molecule has 0 spiro atoms. The van der Waals surface area contributed by atoms with E-state index in [-0.39, 0.29) is 5.91 Å². The van der Waals surface area contributed by atoms with Crippen molar-refractivity contribution in [3.63, 3.8) is 0 Å². The van der Waals surface area contributed by atoms with Crippen molar-refractivity contribution in [2.24, 2.45) is 5.73 Å². The highest BCUT2D eigenvalue weighted by molar-refractivity contribution is 7.98. The molecule has 1 rings (SSSR count). The third-order valence-corrected chi connectivity index (χ3v) is 2.95. The minimum Gasteiger partial charge on any atom is -0.497 e. The molecule has 0 aromatic heterocycles. The maximum Gasteiger partial charge on any atom is 0.241 e. The zero-order valence-corrected chi connectivity index (χ0v) is 10.9. The zero-order chi connectivity index (χ0) is 12.7. The van der Waals surface area contributed by atoms with Gasteiger partial charge < -0.3 is 15.8 Å². The van der Waals surface area contributed by atoms with E-state index < -0.39 is 6.04 Å². The van der Waals surface area contributed by atoms with E-state index in [1.54, 1.807) is 24.9 Å². The fraction of sp³-hybridized carbons (Fsp3) is 0.417. The molecule has 1 aromatic rings. The lowest BCUT2D eigenvalue weighted by Gasteiger charge is -2.12. The van der Waals surface area contributed by atoms with Gasteiger partial charge in [-0.1, -0.05) is 6.07 Å². The number of methoxy groups -OCH3 is 1. The molecular weight excluding hydrogens is 236 g/mol. The number of thioether (sulfide) groups is 1. The van der Waals surface area contributed by atoms with Crippen LogP contribution in [-0.4, -0.2) is 31.1 Å². The normalized spacial score (nSPS) is 11.9. The summed E-state index contributed by atoms with van der Waals surface area (Å²) in [5, 5.41) is 2.77. The van der Waals surface area contributed by atoms with Crippen molar-refractivity contribution in [1.29, 1.82) is 0 Å². The number of hydrogen-bond acceptors (Lipinski definition) is 4. The quantitative estimate of drug-likeness (QED) is 0.811. The molecule has 0 radical (unpaired) electrons. The number of benzene rings is 1. The van der Waals surface area contributed by atoms with Crippen molar-refractivity contribution in [1.82, 2.24) is 0 Å². The predicted octanol–water partition coefficient (Wildman–Crippen LogP) is 1.71. The molecule has 0 bridgehead atoms. The van der Waals surface area contributed by atoms with Crippen molar-refractivity contribution in [2.45, 2.75) is 12.5 Å². The SMILES string of the molecule is COc1cccc(NC(=O)C(N)CCSC)c1. The smallest absolute Gasteiger partial charge is 0.241 e. The van der Waals surface area contributed by atoms with E-state index >= 15 is 0 Å². The maximum absolute atomic E-state index is 11.7. The molecule has 94 valence electrons. The average Bonchev–Trinajstić information content (AvgIpc) is 2.36. The summed E-state index contributed by atoms with van der Waals surface area (Å²) >= 11 is 1.68. The highest BCUT2D eigenvalue weighted by Gasteiger charge is 2.12. The molecule has 0 aliphatic heterocycles. The van der Waals surface area contributed by atoms with Crippen molar-refractivity contribution in [2.75, 3.05) is 24.4 Å². The number of anilines is 1. The molecule has 1 unspecified atom stereocenters. The Bertz CT molecular complexity index is 371. The van der Waals surface area contributed by atoms with Crippen LogP contribution in [0.3, 0.4) is 0 Å². The summed E-state index contributed by atoms with van der Waals surface area (Å²) in [5.74, 6) is 1.43. The fourth-order valence-corrected chi connectivity index (χ4v) is 1.80. The van der Waals surface area contributed by atoms with Crippen LogP contribution in [0.4, 0.5) is 5.69 Å². The van der Waals surface area contributed by atoms with Crippen LogP contribution >= 0.6 is 11.8 Å². The molecule has 0 saturated carbocycles. The summed E-state index contributed by atoms with van der Waals surface area (Å²) in [6, 6.07) is 6.75. The Balaban J connectivity index is 2.54. The lowest BCUT2D eigenvalue weighted by Crippen LogP contribution is -2.36. The molecule has 1 aromatic carbocycles. The van der Waals surface area contributed by atoms with Gasteiger partial charge in [0.2, 0.25) is 5.91 Å².